The van der Waals surface area contributed by atoms with Gasteiger partial charge in [-0.1, -0.05) is 37.1 Å². The van der Waals surface area contributed by atoms with Crippen LogP contribution >= 0.6 is 0 Å². The molecule has 1 rings (SSSR count). The zero-order chi connectivity index (χ0) is 12.2. The average molecular weight is 222 g/mol. The van der Waals surface area contributed by atoms with E-state index in [2.05, 4.69) is 33.8 Å². The van der Waals surface area contributed by atoms with Crippen LogP contribution in [0.4, 0.5) is 0 Å². The fourth-order valence-corrected chi connectivity index (χ4v) is 2.78. The molecule has 0 aromatic heterocycles. The van der Waals surface area contributed by atoms with Gasteiger partial charge in [0.2, 0.25) is 0 Å². The summed E-state index contributed by atoms with van der Waals surface area (Å²) in [6.45, 7) is 9.25. The molecule has 1 aliphatic carbocycles. The van der Waals surface area contributed by atoms with Gasteiger partial charge in [-0.3, -0.25) is 0 Å². The SMILES string of the molecule is CC(=CCO)CCC1CCC(C)=CC1(C)C. The summed E-state index contributed by atoms with van der Waals surface area (Å²) < 4.78 is 0. The van der Waals surface area contributed by atoms with Crippen molar-refractivity contribution in [3.05, 3.63) is 23.3 Å². The Labute approximate surface area is 100 Å². The first kappa shape index (κ1) is 13.5. The molecule has 0 fully saturated rings. The first-order valence-electron chi connectivity index (χ1n) is 6.40. The van der Waals surface area contributed by atoms with Gasteiger partial charge >= 0.3 is 0 Å². The Kier molecular flexibility index (Phi) is 4.79. The van der Waals surface area contributed by atoms with E-state index < -0.39 is 0 Å². The molecule has 0 bridgehead atoms. The van der Waals surface area contributed by atoms with Crippen molar-refractivity contribution >= 4 is 0 Å². The summed E-state index contributed by atoms with van der Waals surface area (Å²) >= 11 is 0. The zero-order valence-electron chi connectivity index (χ0n) is 11.2. The van der Waals surface area contributed by atoms with E-state index in [1.165, 1.54) is 24.8 Å². The molecule has 0 spiro atoms. The highest BCUT2D eigenvalue weighted by molar-refractivity contribution is 5.12. The van der Waals surface area contributed by atoms with Crippen LogP contribution < -0.4 is 0 Å². The van der Waals surface area contributed by atoms with Gasteiger partial charge in [0.05, 0.1) is 6.61 Å². The number of hydrogen-bond acceptors (Lipinski definition) is 1. The van der Waals surface area contributed by atoms with Gasteiger partial charge < -0.3 is 5.11 Å². The van der Waals surface area contributed by atoms with Crippen LogP contribution in [0.15, 0.2) is 23.3 Å². The summed E-state index contributed by atoms with van der Waals surface area (Å²) in [5.41, 5.74) is 3.22. The van der Waals surface area contributed by atoms with Gasteiger partial charge in [0.1, 0.15) is 0 Å². The highest BCUT2D eigenvalue weighted by atomic mass is 16.2. The molecule has 1 atom stereocenters. The Morgan fingerprint density at radius 3 is 2.81 bits per heavy atom. The normalized spacial score (nSPS) is 25.4. The molecule has 0 radical (unpaired) electrons. The Morgan fingerprint density at radius 1 is 1.56 bits per heavy atom. The number of aliphatic hydroxyl groups is 1. The van der Waals surface area contributed by atoms with E-state index in [1.807, 2.05) is 6.08 Å². The lowest BCUT2D eigenvalue weighted by molar-refractivity contribution is 0.233. The third-order valence-corrected chi connectivity index (χ3v) is 3.88. The van der Waals surface area contributed by atoms with Crippen LogP contribution in [0, 0.1) is 11.3 Å². The van der Waals surface area contributed by atoms with Crippen LogP contribution in [0.1, 0.15) is 53.4 Å². The largest absolute Gasteiger partial charge is 0.392 e. The molecule has 1 heteroatoms. The van der Waals surface area contributed by atoms with E-state index in [0.29, 0.717) is 5.41 Å². The molecule has 0 saturated carbocycles. The summed E-state index contributed by atoms with van der Waals surface area (Å²) in [6, 6.07) is 0. The van der Waals surface area contributed by atoms with Gasteiger partial charge in [-0.05, 0) is 50.9 Å². The Hall–Kier alpha value is -0.560. The van der Waals surface area contributed by atoms with E-state index >= 15 is 0 Å². The van der Waals surface area contributed by atoms with Crippen LogP contribution in [0.3, 0.4) is 0 Å². The van der Waals surface area contributed by atoms with Crippen molar-refractivity contribution in [2.24, 2.45) is 11.3 Å². The van der Waals surface area contributed by atoms with E-state index in [1.54, 1.807) is 5.57 Å². The Bertz CT molecular complexity index is 284. The fourth-order valence-electron chi connectivity index (χ4n) is 2.78. The third kappa shape index (κ3) is 3.79. The molecular formula is C15H26O. The minimum Gasteiger partial charge on any atom is -0.392 e. The summed E-state index contributed by atoms with van der Waals surface area (Å²) in [4.78, 5) is 0. The van der Waals surface area contributed by atoms with E-state index in [0.717, 1.165) is 12.3 Å². The van der Waals surface area contributed by atoms with Crippen LogP contribution in [0.25, 0.3) is 0 Å². The molecule has 1 unspecified atom stereocenters. The lowest BCUT2D eigenvalue weighted by atomic mass is 9.69. The number of hydrogen-bond donors (Lipinski definition) is 1. The van der Waals surface area contributed by atoms with Crippen molar-refractivity contribution < 1.29 is 5.11 Å². The molecule has 0 heterocycles. The van der Waals surface area contributed by atoms with Crippen LogP contribution in [-0.4, -0.2) is 11.7 Å². The second-order valence-corrected chi connectivity index (χ2v) is 5.82. The van der Waals surface area contributed by atoms with Crippen LogP contribution in [0.5, 0.6) is 0 Å². The van der Waals surface area contributed by atoms with Crippen molar-refractivity contribution in [3.63, 3.8) is 0 Å². The van der Waals surface area contributed by atoms with Gasteiger partial charge in [0.15, 0.2) is 0 Å². The van der Waals surface area contributed by atoms with Gasteiger partial charge in [0.25, 0.3) is 0 Å². The lowest BCUT2D eigenvalue weighted by Crippen LogP contribution is -2.25. The fraction of sp³-hybridized carbons (Fsp3) is 0.733. The number of rotatable bonds is 4. The second-order valence-electron chi connectivity index (χ2n) is 5.82. The van der Waals surface area contributed by atoms with Crippen LogP contribution in [-0.2, 0) is 0 Å². The maximum absolute atomic E-state index is 8.83. The van der Waals surface area contributed by atoms with Crippen molar-refractivity contribution in [2.75, 3.05) is 6.61 Å². The summed E-state index contributed by atoms with van der Waals surface area (Å²) in [6.07, 6.45) is 9.34. The Balaban J connectivity index is 2.53. The molecule has 1 aliphatic rings. The predicted molar refractivity (Wildman–Crippen MR) is 70.3 cm³/mol. The van der Waals surface area contributed by atoms with Crippen molar-refractivity contribution in [1.82, 2.24) is 0 Å². The van der Waals surface area contributed by atoms with Gasteiger partial charge in [0, 0.05) is 0 Å². The summed E-state index contributed by atoms with van der Waals surface area (Å²) in [5, 5.41) is 8.83. The molecule has 1 N–H and O–H groups in total. The highest BCUT2D eigenvalue weighted by Crippen LogP contribution is 2.41. The standard InChI is InChI=1S/C15H26O/c1-12(9-10-16)5-7-14-8-6-13(2)11-15(14,3)4/h9,11,14,16H,5-8,10H2,1-4H3. The molecule has 0 aromatic rings. The minimum absolute atomic E-state index is 0.179. The molecule has 0 aromatic carbocycles. The van der Waals surface area contributed by atoms with Gasteiger partial charge in [-0.25, -0.2) is 0 Å². The van der Waals surface area contributed by atoms with Crippen molar-refractivity contribution in [3.8, 4) is 0 Å². The quantitative estimate of drug-likeness (QED) is 0.710. The van der Waals surface area contributed by atoms with E-state index in [4.69, 9.17) is 5.11 Å². The zero-order valence-corrected chi connectivity index (χ0v) is 11.2. The molecule has 92 valence electrons. The predicted octanol–water partition coefficient (Wildman–Crippen LogP) is 4.09. The monoisotopic (exact) mass is 222 g/mol. The highest BCUT2D eigenvalue weighted by Gasteiger charge is 2.29. The molecule has 0 aliphatic heterocycles. The van der Waals surface area contributed by atoms with Crippen molar-refractivity contribution in [1.29, 1.82) is 0 Å². The van der Waals surface area contributed by atoms with Gasteiger partial charge in [-0.2, -0.15) is 0 Å². The maximum atomic E-state index is 8.83. The first-order chi connectivity index (χ1) is 7.45. The van der Waals surface area contributed by atoms with Gasteiger partial charge in [-0.15, -0.1) is 0 Å². The number of aliphatic hydroxyl groups excluding tert-OH is 1. The lowest BCUT2D eigenvalue weighted by Gasteiger charge is -2.36. The molecule has 0 saturated heterocycles. The molecular weight excluding hydrogens is 196 g/mol. The molecule has 0 amide bonds. The third-order valence-electron chi connectivity index (χ3n) is 3.88. The molecule has 1 nitrogen and oxygen atoms in total. The number of allylic oxidation sites excluding steroid dienone is 3. The molecule has 16 heavy (non-hydrogen) atoms. The summed E-state index contributed by atoms with van der Waals surface area (Å²) in [7, 11) is 0. The first-order valence-corrected chi connectivity index (χ1v) is 6.40. The smallest absolute Gasteiger partial charge is 0.0614 e. The topological polar surface area (TPSA) is 20.2 Å². The van der Waals surface area contributed by atoms with Crippen molar-refractivity contribution in [2.45, 2.75) is 53.4 Å². The minimum atomic E-state index is 0.179. The van der Waals surface area contributed by atoms with E-state index in [9.17, 15) is 0 Å². The second kappa shape index (κ2) is 5.67. The maximum Gasteiger partial charge on any atom is 0.0614 e. The van der Waals surface area contributed by atoms with Crippen LogP contribution in [0.2, 0.25) is 0 Å². The van der Waals surface area contributed by atoms with E-state index in [-0.39, 0.29) is 6.61 Å². The average Bonchev–Trinajstić information content (AvgIpc) is 2.15. The Morgan fingerprint density at radius 2 is 2.25 bits per heavy atom. The summed E-state index contributed by atoms with van der Waals surface area (Å²) in [5.74, 6) is 0.790.